The van der Waals surface area contributed by atoms with E-state index in [4.69, 9.17) is 32.7 Å². The van der Waals surface area contributed by atoms with Crippen molar-refractivity contribution >= 4 is 35.1 Å². The fourth-order valence-electron chi connectivity index (χ4n) is 1.32. The highest BCUT2D eigenvalue weighted by atomic mass is 35.5. The van der Waals surface area contributed by atoms with Crippen LogP contribution in [-0.2, 0) is 19.1 Å². The Balaban J connectivity index is 2.36. The Bertz CT molecular complexity index is 422. The van der Waals surface area contributed by atoms with Crippen LogP contribution in [-0.4, -0.2) is 11.9 Å². The summed E-state index contributed by atoms with van der Waals surface area (Å²) in [5.41, 5.74) is 0.284. The molecule has 1 aliphatic heterocycles. The number of ether oxygens (including phenoxy) is 2. The number of carbonyl (C=O) groups excluding carboxylic acids is 2. The van der Waals surface area contributed by atoms with Gasteiger partial charge in [-0.25, -0.2) is 0 Å². The molecule has 0 aromatic heterocycles. The standard InChI is InChI=1S/C10H6Cl2O4/c11-5-2-1-3-6(12)9(5)10-15-7(13)4-8(14)16-10/h1-3,10H,4H2. The van der Waals surface area contributed by atoms with Crippen molar-refractivity contribution in [2.45, 2.75) is 12.7 Å². The molecule has 6 heteroatoms. The zero-order valence-electron chi connectivity index (χ0n) is 7.91. The summed E-state index contributed by atoms with van der Waals surface area (Å²) in [7, 11) is 0. The molecule has 0 saturated carbocycles. The molecule has 1 aromatic rings. The van der Waals surface area contributed by atoms with Crippen molar-refractivity contribution in [3.05, 3.63) is 33.8 Å². The zero-order valence-corrected chi connectivity index (χ0v) is 9.42. The second-order valence-corrected chi connectivity index (χ2v) is 3.94. The van der Waals surface area contributed by atoms with Gasteiger partial charge < -0.3 is 9.47 Å². The number of halogens is 2. The number of cyclic esters (lactones) is 2. The first-order valence-electron chi connectivity index (χ1n) is 4.41. The summed E-state index contributed by atoms with van der Waals surface area (Å²) >= 11 is 11.8. The molecular weight excluding hydrogens is 255 g/mol. The van der Waals surface area contributed by atoms with Crippen LogP contribution in [0.1, 0.15) is 18.3 Å². The SMILES string of the molecule is O=C1CC(=O)OC(c2c(Cl)cccc2Cl)O1. The lowest BCUT2D eigenvalue weighted by Gasteiger charge is -2.23. The van der Waals surface area contributed by atoms with E-state index >= 15 is 0 Å². The normalized spacial score (nSPS) is 16.9. The van der Waals surface area contributed by atoms with E-state index in [1.807, 2.05) is 0 Å². The Morgan fingerprint density at radius 3 is 2.06 bits per heavy atom. The number of benzene rings is 1. The summed E-state index contributed by atoms with van der Waals surface area (Å²) in [6.07, 6.45) is -1.55. The molecule has 2 rings (SSSR count). The second kappa shape index (κ2) is 4.31. The smallest absolute Gasteiger partial charge is 0.320 e. The van der Waals surface area contributed by atoms with Gasteiger partial charge in [0, 0.05) is 0 Å². The molecule has 0 unspecified atom stereocenters. The van der Waals surface area contributed by atoms with Gasteiger partial charge in [-0.2, -0.15) is 0 Å². The maximum atomic E-state index is 11.1. The third kappa shape index (κ3) is 2.13. The van der Waals surface area contributed by atoms with Crippen LogP contribution in [0.15, 0.2) is 18.2 Å². The van der Waals surface area contributed by atoms with E-state index in [0.29, 0.717) is 0 Å². The van der Waals surface area contributed by atoms with Gasteiger partial charge >= 0.3 is 11.9 Å². The number of hydrogen-bond donors (Lipinski definition) is 0. The molecule has 84 valence electrons. The quantitative estimate of drug-likeness (QED) is 0.575. The van der Waals surface area contributed by atoms with E-state index in [-0.39, 0.29) is 15.6 Å². The van der Waals surface area contributed by atoms with Crippen LogP contribution >= 0.6 is 23.2 Å². The van der Waals surface area contributed by atoms with Gasteiger partial charge in [-0.15, -0.1) is 0 Å². The van der Waals surface area contributed by atoms with E-state index in [2.05, 4.69) is 0 Å². The van der Waals surface area contributed by atoms with Gasteiger partial charge in [-0.3, -0.25) is 9.59 Å². The third-order valence-electron chi connectivity index (χ3n) is 2.00. The van der Waals surface area contributed by atoms with Crippen LogP contribution in [0.4, 0.5) is 0 Å². The summed E-state index contributed by atoms with van der Waals surface area (Å²) in [4.78, 5) is 22.1. The van der Waals surface area contributed by atoms with Crippen molar-refractivity contribution in [3.63, 3.8) is 0 Å². The highest BCUT2D eigenvalue weighted by molar-refractivity contribution is 6.36. The highest BCUT2D eigenvalue weighted by Crippen LogP contribution is 2.34. The van der Waals surface area contributed by atoms with Crippen LogP contribution in [0, 0.1) is 0 Å². The molecule has 0 spiro atoms. The lowest BCUT2D eigenvalue weighted by molar-refractivity contribution is -0.204. The molecule has 1 heterocycles. The molecule has 4 nitrogen and oxygen atoms in total. The largest absolute Gasteiger partial charge is 0.420 e. The monoisotopic (exact) mass is 260 g/mol. The Morgan fingerprint density at radius 2 is 1.56 bits per heavy atom. The van der Waals surface area contributed by atoms with Crippen LogP contribution < -0.4 is 0 Å². The van der Waals surface area contributed by atoms with Gasteiger partial charge in [-0.1, -0.05) is 29.3 Å². The third-order valence-corrected chi connectivity index (χ3v) is 2.66. The van der Waals surface area contributed by atoms with Crippen molar-refractivity contribution in [1.82, 2.24) is 0 Å². The van der Waals surface area contributed by atoms with Crippen molar-refractivity contribution in [2.75, 3.05) is 0 Å². The van der Waals surface area contributed by atoms with E-state index in [1.165, 1.54) is 0 Å². The molecule has 1 fully saturated rings. The molecule has 0 aliphatic carbocycles. The minimum Gasteiger partial charge on any atom is -0.420 e. The summed E-state index contributed by atoms with van der Waals surface area (Å²) < 4.78 is 9.71. The molecule has 0 radical (unpaired) electrons. The van der Waals surface area contributed by atoms with Crippen molar-refractivity contribution in [3.8, 4) is 0 Å². The first kappa shape index (κ1) is 11.2. The predicted octanol–water partition coefficient (Wildman–Crippen LogP) is 2.48. The fraction of sp³-hybridized carbons (Fsp3) is 0.200. The summed E-state index contributed by atoms with van der Waals surface area (Å²) in [6, 6.07) is 4.78. The Kier molecular flexibility index (Phi) is 3.03. The topological polar surface area (TPSA) is 52.6 Å². The van der Waals surface area contributed by atoms with Gasteiger partial charge in [0.25, 0.3) is 6.29 Å². The lowest BCUT2D eigenvalue weighted by atomic mass is 10.2. The van der Waals surface area contributed by atoms with Crippen molar-refractivity contribution in [1.29, 1.82) is 0 Å². The lowest BCUT2D eigenvalue weighted by Crippen LogP contribution is -2.27. The average Bonchev–Trinajstić information content (AvgIpc) is 2.15. The molecule has 1 saturated heterocycles. The van der Waals surface area contributed by atoms with E-state index in [0.717, 1.165) is 0 Å². The molecule has 1 aromatic carbocycles. The molecule has 1 aliphatic rings. The summed E-state index contributed by atoms with van der Waals surface area (Å²) in [6.45, 7) is 0. The van der Waals surface area contributed by atoms with Crippen LogP contribution in [0.2, 0.25) is 10.0 Å². The summed E-state index contributed by atoms with van der Waals surface area (Å²) in [5, 5.41) is 0.556. The van der Waals surface area contributed by atoms with E-state index in [1.54, 1.807) is 18.2 Å². The van der Waals surface area contributed by atoms with E-state index < -0.39 is 24.6 Å². The Morgan fingerprint density at radius 1 is 1.06 bits per heavy atom. The van der Waals surface area contributed by atoms with Gasteiger partial charge in [0.1, 0.15) is 6.42 Å². The fourth-order valence-corrected chi connectivity index (χ4v) is 1.89. The average molecular weight is 261 g/mol. The number of esters is 2. The predicted molar refractivity (Wildman–Crippen MR) is 56.0 cm³/mol. The zero-order chi connectivity index (χ0) is 11.7. The molecule has 0 bridgehead atoms. The van der Waals surface area contributed by atoms with Crippen LogP contribution in [0.5, 0.6) is 0 Å². The van der Waals surface area contributed by atoms with Gasteiger partial charge in [0.05, 0.1) is 15.6 Å². The van der Waals surface area contributed by atoms with Gasteiger partial charge in [0.15, 0.2) is 0 Å². The first-order chi connectivity index (χ1) is 7.58. The van der Waals surface area contributed by atoms with E-state index in [9.17, 15) is 9.59 Å². The number of carbonyl (C=O) groups is 2. The van der Waals surface area contributed by atoms with Crippen molar-refractivity contribution < 1.29 is 19.1 Å². The molecular formula is C10H6Cl2O4. The van der Waals surface area contributed by atoms with Gasteiger partial charge in [-0.05, 0) is 12.1 Å². The maximum absolute atomic E-state index is 11.1. The van der Waals surface area contributed by atoms with Gasteiger partial charge in [0.2, 0.25) is 0 Å². The second-order valence-electron chi connectivity index (χ2n) is 3.12. The molecule has 16 heavy (non-hydrogen) atoms. The Hall–Kier alpha value is -1.26. The maximum Gasteiger partial charge on any atom is 0.320 e. The molecule has 0 N–H and O–H groups in total. The minimum atomic E-state index is -1.16. The summed E-state index contributed by atoms with van der Waals surface area (Å²) in [5.74, 6) is -1.31. The number of rotatable bonds is 1. The Labute approximate surface area is 101 Å². The van der Waals surface area contributed by atoms with Crippen molar-refractivity contribution in [2.24, 2.45) is 0 Å². The molecule has 0 amide bonds. The number of hydrogen-bond acceptors (Lipinski definition) is 4. The molecule has 0 atom stereocenters. The van der Waals surface area contributed by atoms with Crippen LogP contribution in [0.25, 0.3) is 0 Å². The minimum absolute atomic E-state index is 0.278. The van der Waals surface area contributed by atoms with Crippen LogP contribution in [0.3, 0.4) is 0 Å². The highest BCUT2D eigenvalue weighted by Gasteiger charge is 2.31. The first-order valence-corrected chi connectivity index (χ1v) is 5.16.